The molecule has 1 saturated heterocycles. The van der Waals surface area contributed by atoms with Crippen LogP contribution in [-0.4, -0.2) is 65.7 Å². The fourth-order valence-corrected chi connectivity index (χ4v) is 1.58. The summed E-state index contributed by atoms with van der Waals surface area (Å²) >= 11 is 0. The molecule has 0 aromatic carbocycles. The average Bonchev–Trinajstić information content (AvgIpc) is 2.25. The molecule has 1 heterocycles. The Bertz CT molecular complexity index is 242. The maximum absolute atomic E-state index is 10.8. The topological polar surface area (TPSA) is 105 Å². The van der Waals surface area contributed by atoms with E-state index in [-0.39, 0.29) is 0 Å². The first-order chi connectivity index (χ1) is 7.51. The van der Waals surface area contributed by atoms with E-state index >= 15 is 0 Å². The summed E-state index contributed by atoms with van der Waals surface area (Å²) in [5.74, 6) is -0.630. The number of hydrogen-bond acceptors (Lipinski definition) is 7. The summed E-state index contributed by atoms with van der Waals surface area (Å²) < 4.78 is 14.7. The summed E-state index contributed by atoms with van der Waals surface area (Å²) in [5.41, 5.74) is 0. The van der Waals surface area contributed by atoms with E-state index in [9.17, 15) is 15.0 Å². The second-order valence-corrected chi connectivity index (χ2v) is 3.52. The van der Waals surface area contributed by atoms with Crippen molar-refractivity contribution in [2.75, 3.05) is 13.7 Å². The number of methoxy groups -OCH3 is 1. The van der Waals surface area contributed by atoms with Crippen LogP contribution < -0.4 is 0 Å². The molecule has 3 N–H and O–H groups in total. The van der Waals surface area contributed by atoms with Crippen LogP contribution in [0.15, 0.2) is 0 Å². The molecule has 0 bridgehead atoms. The van der Waals surface area contributed by atoms with Crippen molar-refractivity contribution in [1.29, 1.82) is 0 Å². The Balaban J connectivity index is 2.77. The minimum Gasteiger partial charge on any atom is -0.457 e. The van der Waals surface area contributed by atoms with E-state index in [1.165, 1.54) is 7.11 Å². The molecule has 0 saturated carbocycles. The van der Waals surface area contributed by atoms with Crippen molar-refractivity contribution in [3.8, 4) is 0 Å². The first kappa shape index (κ1) is 13.3. The number of aliphatic hydroxyl groups is 3. The van der Waals surface area contributed by atoms with Gasteiger partial charge in [0.05, 0.1) is 6.61 Å². The summed E-state index contributed by atoms with van der Waals surface area (Å²) in [7, 11) is 1.29. The van der Waals surface area contributed by atoms with Gasteiger partial charge in [-0.2, -0.15) is 0 Å². The minimum atomic E-state index is -1.36. The largest absolute Gasteiger partial charge is 0.457 e. The zero-order chi connectivity index (χ0) is 12.3. The quantitative estimate of drug-likeness (QED) is 0.487. The van der Waals surface area contributed by atoms with Crippen LogP contribution in [0, 0.1) is 0 Å². The molecule has 0 aromatic rings. The standard InChI is InChI=1S/C9H16O7/c1-4(11)15-8-5(3-10)16-9(14-2)7(13)6(8)12/h5-10,12-13H,3H2,1-2H3/t5-,6-,7+,8-,9-/m0/s1. The Labute approximate surface area is 92.5 Å². The van der Waals surface area contributed by atoms with Gasteiger partial charge >= 0.3 is 5.97 Å². The van der Waals surface area contributed by atoms with Gasteiger partial charge in [0.2, 0.25) is 0 Å². The molecule has 1 fully saturated rings. The van der Waals surface area contributed by atoms with Gasteiger partial charge in [-0.05, 0) is 0 Å². The van der Waals surface area contributed by atoms with E-state index in [0.717, 1.165) is 6.92 Å². The summed E-state index contributed by atoms with van der Waals surface area (Å²) in [5, 5.41) is 28.3. The smallest absolute Gasteiger partial charge is 0.303 e. The number of carbonyl (C=O) groups excluding carboxylic acids is 1. The van der Waals surface area contributed by atoms with Crippen LogP contribution in [0.3, 0.4) is 0 Å². The molecule has 94 valence electrons. The molecule has 0 radical (unpaired) electrons. The molecule has 16 heavy (non-hydrogen) atoms. The molecule has 1 aliphatic rings. The van der Waals surface area contributed by atoms with Crippen molar-refractivity contribution in [2.45, 2.75) is 37.6 Å². The van der Waals surface area contributed by atoms with Crippen LogP contribution in [0.25, 0.3) is 0 Å². The monoisotopic (exact) mass is 236 g/mol. The number of rotatable bonds is 3. The Morgan fingerprint density at radius 1 is 1.38 bits per heavy atom. The second-order valence-electron chi connectivity index (χ2n) is 3.52. The molecular weight excluding hydrogens is 220 g/mol. The van der Waals surface area contributed by atoms with Gasteiger partial charge < -0.3 is 29.5 Å². The van der Waals surface area contributed by atoms with E-state index in [1.54, 1.807) is 0 Å². The van der Waals surface area contributed by atoms with E-state index in [2.05, 4.69) is 0 Å². The van der Waals surface area contributed by atoms with Crippen LogP contribution in [0.2, 0.25) is 0 Å². The molecule has 5 atom stereocenters. The molecule has 0 aliphatic carbocycles. The summed E-state index contributed by atoms with van der Waals surface area (Å²) in [4.78, 5) is 10.8. The van der Waals surface area contributed by atoms with E-state index in [1.807, 2.05) is 0 Å². The molecule has 1 aliphatic heterocycles. The lowest BCUT2D eigenvalue weighted by Crippen LogP contribution is -2.60. The van der Waals surface area contributed by atoms with Gasteiger partial charge in [-0.1, -0.05) is 0 Å². The Morgan fingerprint density at radius 3 is 2.44 bits per heavy atom. The highest BCUT2D eigenvalue weighted by molar-refractivity contribution is 5.66. The van der Waals surface area contributed by atoms with E-state index in [4.69, 9.17) is 19.3 Å². The third kappa shape index (κ3) is 2.69. The molecule has 0 aromatic heterocycles. The third-order valence-electron chi connectivity index (χ3n) is 2.36. The zero-order valence-corrected chi connectivity index (χ0v) is 9.07. The van der Waals surface area contributed by atoms with Gasteiger partial charge in [-0.15, -0.1) is 0 Å². The van der Waals surface area contributed by atoms with Gasteiger partial charge in [0, 0.05) is 14.0 Å². The van der Waals surface area contributed by atoms with Gasteiger partial charge in [0.1, 0.15) is 18.3 Å². The molecule has 1 rings (SSSR count). The summed E-state index contributed by atoms with van der Waals surface area (Å²) in [6.45, 7) is 0.706. The Kier molecular flexibility index (Phi) is 4.63. The van der Waals surface area contributed by atoms with Gasteiger partial charge in [0.25, 0.3) is 0 Å². The van der Waals surface area contributed by atoms with Gasteiger partial charge in [0.15, 0.2) is 12.4 Å². The molecule has 7 heteroatoms. The predicted molar refractivity (Wildman–Crippen MR) is 50.3 cm³/mol. The van der Waals surface area contributed by atoms with Crippen molar-refractivity contribution < 1.29 is 34.3 Å². The van der Waals surface area contributed by atoms with Crippen molar-refractivity contribution >= 4 is 5.97 Å². The first-order valence-electron chi connectivity index (χ1n) is 4.83. The SMILES string of the molecule is CO[C@H]1O[C@@H](CO)[C@H](OC(C)=O)[C@@H](O)[C@H]1O. The number of hydrogen-bond donors (Lipinski definition) is 3. The third-order valence-corrected chi connectivity index (χ3v) is 2.36. The predicted octanol–water partition coefficient (Wildman–Crippen LogP) is -2.00. The summed E-state index contributed by atoms with van der Waals surface area (Å²) in [6.07, 6.45) is -5.79. The van der Waals surface area contributed by atoms with Crippen molar-refractivity contribution in [3.05, 3.63) is 0 Å². The van der Waals surface area contributed by atoms with Crippen molar-refractivity contribution in [3.63, 3.8) is 0 Å². The van der Waals surface area contributed by atoms with Crippen LogP contribution in [0.4, 0.5) is 0 Å². The Morgan fingerprint density at radius 2 is 2.00 bits per heavy atom. The van der Waals surface area contributed by atoms with Gasteiger partial charge in [-0.3, -0.25) is 4.79 Å². The van der Waals surface area contributed by atoms with E-state index < -0.39 is 43.3 Å². The van der Waals surface area contributed by atoms with Crippen molar-refractivity contribution in [1.82, 2.24) is 0 Å². The highest BCUT2D eigenvalue weighted by Gasteiger charge is 2.46. The normalized spacial score (nSPS) is 39.4. The number of ether oxygens (including phenoxy) is 3. The zero-order valence-electron chi connectivity index (χ0n) is 9.07. The molecule has 0 amide bonds. The second kappa shape index (κ2) is 5.55. The van der Waals surface area contributed by atoms with E-state index in [0.29, 0.717) is 0 Å². The molecule has 0 spiro atoms. The number of aliphatic hydroxyl groups excluding tert-OH is 3. The lowest BCUT2D eigenvalue weighted by atomic mass is 9.99. The average molecular weight is 236 g/mol. The van der Waals surface area contributed by atoms with Crippen molar-refractivity contribution in [2.24, 2.45) is 0 Å². The lowest BCUT2D eigenvalue weighted by molar-refractivity contribution is -0.296. The highest BCUT2D eigenvalue weighted by Crippen LogP contribution is 2.23. The maximum Gasteiger partial charge on any atom is 0.303 e. The molecule has 7 nitrogen and oxygen atoms in total. The fraction of sp³-hybridized carbons (Fsp3) is 0.889. The molecule has 0 unspecified atom stereocenters. The first-order valence-corrected chi connectivity index (χ1v) is 4.83. The fourth-order valence-electron chi connectivity index (χ4n) is 1.58. The summed E-state index contributed by atoms with van der Waals surface area (Å²) in [6, 6.07) is 0. The molecular formula is C9H16O7. The highest BCUT2D eigenvalue weighted by atomic mass is 16.7. The Hall–Kier alpha value is -0.730. The van der Waals surface area contributed by atoms with Crippen LogP contribution in [-0.2, 0) is 19.0 Å². The lowest BCUT2D eigenvalue weighted by Gasteiger charge is -2.40. The van der Waals surface area contributed by atoms with Gasteiger partial charge in [-0.25, -0.2) is 0 Å². The van der Waals surface area contributed by atoms with Crippen LogP contribution in [0.5, 0.6) is 0 Å². The number of esters is 1. The maximum atomic E-state index is 10.8. The van der Waals surface area contributed by atoms with Crippen LogP contribution in [0.1, 0.15) is 6.92 Å². The number of carbonyl (C=O) groups is 1. The van der Waals surface area contributed by atoms with Crippen LogP contribution >= 0.6 is 0 Å². The minimum absolute atomic E-state index is 0.457.